The molecule has 1 heterocycles. The molecule has 1 amide bonds. The Morgan fingerprint density at radius 2 is 1.75 bits per heavy atom. The monoisotopic (exact) mass is 289 g/mol. The third-order valence-corrected chi connectivity index (χ3v) is 3.09. The zero-order valence-corrected chi connectivity index (χ0v) is 10.6. The fourth-order valence-corrected chi connectivity index (χ4v) is 2.05. The van der Waals surface area contributed by atoms with Gasteiger partial charge in [-0.15, -0.1) is 13.2 Å². The lowest BCUT2D eigenvalue weighted by molar-refractivity contribution is -0.274. The van der Waals surface area contributed by atoms with E-state index in [1.165, 1.54) is 12.1 Å². The molecule has 1 aromatic rings. The molecule has 1 N–H and O–H groups in total. The predicted octanol–water partition coefficient (Wildman–Crippen LogP) is 2.18. The molecule has 0 radical (unpaired) electrons. The van der Waals surface area contributed by atoms with E-state index in [1.807, 2.05) is 0 Å². The predicted molar refractivity (Wildman–Crippen MR) is 64.3 cm³/mol. The number of carbonyl (C=O) groups is 1. The first-order valence-electron chi connectivity index (χ1n) is 6.18. The van der Waals surface area contributed by atoms with Crippen molar-refractivity contribution in [3.05, 3.63) is 29.8 Å². The SMILES string of the molecule is O=C(c1ccc(OC(F)(F)F)cc1)N1CCC(O)CC1. The largest absolute Gasteiger partial charge is 0.573 e. The molecule has 0 bridgehead atoms. The summed E-state index contributed by atoms with van der Waals surface area (Å²) in [6.45, 7) is 0.890. The van der Waals surface area contributed by atoms with Crippen molar-refractivity contribution in [1.82, 2.24) is 4.90 Å². The van der Waals surface area contributed by atoms with Crippen LogP contribution in [0.15, 0.2) is 24.3 Å². The molecule has 7 heteroatoms. The summed E-state index contributed by atoms with van der Waals surface area (Å²) in [4.78, 5) is 13.7. The van der Waals surface area contributed by atoms with Crippen LogP contribution in [0.3, 0.4) is 0 Å². The van der Waals surface area contributed by atoms with Gasteiger partial charge >= 0.3 is 6.36 Å². The van der Waals surface area contributed by atoms with Crippen molar-refractivity contribution in [1.29, 1.82) is 0 Å². The highest BCUT2D eigenvalue weighted by atomic mass is 19.4. The first-order chi connectivity index (χ1) is 9.35. The van der Waals surface area contributed by atoms with Crippen LogP contribution in [0, 0.1) is 0 Å². The molecule has 4 nitrogen and oxygen atoms in total. The number of likely N-dealkylation sites (tertiary alicyclic amines) is 1. The molecule has 1 fully saturated rings. The van der Waals surface area contributed by atoms with Gasteiger partial charge in [0.25, 0.3) is 5.91 Å². The Morgan fingerprint density at radius 3 is 2.25 bits per heavy atom. The average molecular weight is 289 g/mol. The van der Waals surface area contributed by atoms with Gasteiger partial charge in [0.2, 0.25) is 0 Å². The number of benzene rings is 1. The molecular weight excluding hydrogens is 275 g/mol. The van der Waals surface area contributed by atoms with E-state index in [0.717, 1.165) is 12.1 Å². The number of halogens is 3. The third kappa shape index (κ3) is 3.86. The van der Waals surface area contributed by atoms with Crippen molar-refractivity contribution < 1.29 is 27.8 Å². The number of piperidine rings is 1. The average Bonchev–Trinajstić information content (AvgIpc) is 2.38. The highest BCUT2D eigenvalue weighted by Crippen LogP contribution is 2.23. The maximum atomic E-state index is 12.1. The van der Waals surface area contributed by atoms with Gasteiger partial charge in [-0.05, 0) is 37.1 Å². The van der Waals surface area contributed by atoms with E-state index in [1.54, 1.807) is 4.90 Å². The Balaban J connectivity index is 2.00. The molecule has 1 saturated heterocycles. The Morgan fingerprint density at radius 1 is 1.20 bits per heavy atom. The van der Waals surface area contributed by atoms with Crippen LogP contribution >= 0.6 is 0 Å². The van der Waals surface area contributed by atoms with Crippen molar-refractivity contribution in [2.75, 3.05) is 13.1 Å². The van der Waals surface area contributed by atoms with Gasteiger partial charge in [0.15, 0.2) is 0 Å². The zero-order chi connectivity index (χ0) is 14.8. The summed E-state index contributed by atoms with van der Waals surface area (Å²) in [6.07, 6.45) is -4.10. The summed E-state index contributed by atoms with van der Waals surface area (Å²) in [5.41, 5.74) is 0.302. The molecule has 0 aliphatic carbocycles. The molecule has 1 aliphatic rings. The maximum absolute atomic E-state index is 12.1. The Kier molecular flexibility index (Phi) is 4.17. The molecule has 0 atom stereocenters. The van der Waals surface area contributed by atoms with E-state index in [0.29, 0.717) is 31.5 Å². The van der Waals surface area contributed by atoms with Gasteiger partial charge in [-0.1, -0.05) is 0 Å². The van der Waals surface area contributed by atoms with Crippen LogP contribution in [-0.2, 0) is 0 Å². The number of alkyl halides is 3. The summed E-state index contributed by atoms with van der Waals surface area (Å²) in [5, 5.41) is 9.36. The fourth-order valence-electron chi connectivity index (χ4n) is 2.05. The minimum absolute atomic E-state index is 0.254. The lowest BCUT2D eigenvalue weighted by Gasteiger charge is -2.29. The summed E-state index contributed by atoms with van der Waals surface area (Å²) in [5.74, 6) is -0.612. The van der Waals surface area contributed by atoms with Crippen molar-refractivity contribution >= 4 is 5.91 Å². The first-order valence-corrected chi connectivity index (χ1v) is 6.18. The number of hydrogen-bond acceptors (Lipinski definition) is 3. The Labute approximate surface area is 113 Å². The summed E-state index contributed by atoms with van der Waals surface area (Å²) >= 11 is 0. The van der Waals surface area contributed by atoms with Crippen LogP contribution in [0.25, 0.3) is 0 Å². The summed E-state index contributed by atoms with van der Waals surface area (Å²) in [7, 11) is 0. The number of nitrogens with zero attached hydrogens (tertiary/aromatic N) is 1. The van der Waals surface area contributed by atoms with E-state index in [9.17, 15) is 23.1 Å². The molecule has 110 valence electrons. The molecular formula is C13H14F3NO3. The second-order valence-electron chi connectivity index (χ2n) is 4.60. The van der Waals surface area contributed by atoms with Crippen LogP contribution in [0.2, 0.25) is 0 Å². The van der Waals surface area contributed by atoms with Crippen molar-refractivity contribution in [2.45, 2.75) is 25.3 Å². The van der Waals surface area contributed by atoms with E-state index in [2.05, 4.69) is 4.74 Å². The quantitative estimate of drug-likeness (QED) is 0.908. The molecule has 0 saturated carbocycles. The molecule has 0 aromatic heterocycles. The number of amides is 1. The van der Waals surface area contributed by atoms with Gasteiger partial charge < -0.3 is 14.7 Å². The van der Waals surface area contributed by atoms with Gasteiger partial charge in [0, 0.05) is 18.7 Å². The van der Waals surface area contributed by atoms with Crippen LogP contribution in [0.4, 0.5) is 13.2 Å². The van der Waals surface area contributed by atoms with Gasteiger partial charge in [0.1, 0.15) is 5.75 Å². The highest BCUT2D eigenvalue weighted by molar-refractivity contribution is 5.94. The molecule has 0 spiro atoms. The number of carbonyl (C=O) groups excluding carboxylic acids is 1. The first kappa shape index (κ1) is 14.6. The van der Waals surface area contributed by atoms with Crippen molar-refractivity contribution in [3.8, 4) is 5.75 Å². The molecule has 20 heavy (non-hydrogen) atoms. The Hall–Kier alpha value is -1.76. The van der Waals surface area contributed by atoms with E-state index in [-0.39, 0.29) is 17.8 Å². The second-order valence-corrected chi connectivity index (χ2v) is 4.60. The van der Waals surface area contributed by atoms with Crippen molar-refractivity contribution in [3.63, 3.8) is 0 Å². The molecule has 2 rings (SSSR count). The van der Waals surface area contributed by atoms with Gasteiger partial charge in [-0.3, -0.25) is 4.79 Å². The lowest BCUT2D eigenvalue weighted by Crippen LogP contribution is -2.40. The minimum atomic E-state index is -4.74. The number of aliphatic hydroxyl groups excluding tert-OH is 1. The summed E-state index contributed by atoms with van der Waals surface area (Å²) in [6, 6.07) is 4.82. The number of rotatable bonds is 2. The summed E-state index contributed by atoms with van der Waals surface area (Å²) < 4.78 is 39.8. The van der Waals surface area contributed by atoms with E-state index >= 15 is 0 Å². The fraction of sp³-hybridized carbons (Fsp3) is 0.462. The smallest absolute Gasteiger partial charge is 0.406 e. The zero-order valence-electron chi connectivity index (χ0n) is 10.6. The number of aliphatic hydroxyl groups is 1. The molecule has 1 aromatic carbocycles. The van der Waals surface area contributed by atoms with E-state index in [4.69, 9.17) is 0 Å². The topological polar surface area (TPSA) is 49.8 Å². The van der Waals surface area contributed by atoms with Gasteiger partial charge in [-0.2, -0.15) is 0 Å². The highest BCUT2D eigenvalue weighted by Gasteiger charge is 2.31. The van der Waals surface area contributed by atoms with Crippen LogP contribution < -0.4 is 4.74 Å². The van der Waals surface area contributed by atoms with Gasteiger partial charge in [-0.25, -0.2) is 0 Å². The lowest BCUT2D eigenvalue weighted by atomic mass is 10.1. The molecule has 0 unspecified atom stereocenters. The maximum Gasteiger partial charge on any atom is 0.573 e. The normalized spacial score (nSPS) is 17.1. The Bertz CT molecular complexity index is 465. The number of ether oxygens (including phenoxy) is 1. The standard InChI is InChI=1S/C13H14F3NO3/c14-13(15,16)20-11-3-1-9(2-4-11)12(19)17-7-5-10(18)6-8-17/h1-4,10,18H,5-8H2. The van der Waals surface area contributed by atoms with Crippen LogP contribution in [0.5, 0.6) is 5.75 Å². The van der Waals surface area contributed by atoms with E-state index < -0.39 is 6.36 Å². The second kappa shape index (κ2) is 5.70. The molecule has 1 aliphatic heterocycles. The number of hydrogen-bond donors (Lipinski definition) is 1. The third-order valence-electron chi connectivity index (χ3n) is 3.09. The van der Waals surface area contributed by atoms with Crippen molar-refractivity contribution in [2.24, 2.45) is 0 Å². The van der Waals surface area contributed by atoms with Crippen LogP contribution in [0.1, 0.15) is 23.2 Å². The van der Waals surface area contributed by atoms with Gasteiger partial charge in [0.05, 0.1) is 6.10 Å². The van der Waals surface area contributed by atoms with Crippen LogP contribution in [-0.4, -0.2) is 41.5 Å². The minimum Gasteiger partial charge on any atom is -0.406 e.